The number of rotatable bonds is 35. The van der Waals surface area contributed by atoms with E-state index in [-0.39, 0.29) is 31.5 Å². The van der Waals surface area contributed by atoms with Gasteiger partial charge in [0.1, 0.15) is 12.7 Å². The minimum absolute atomic E-state index is 0.106. The van der Waals surface area contributed by atoms with Crippen molar-refractivity contribution in [3.8, 4) is 0 Å². The first-order chi connectivity index (χ1) is 25.0. The monoisotopic (exact) mass is 756 g/mol. The predicted molar refractivity (Wildman–Crippen MR) is 205 cm³/mol. The summed E-state index contributed by atoms with van der Waals surface area (Å²) >= 11 is 0. The molecule has 0 aliphatic rings. The number of hydrogen-bond donors (Lipinski definition) is 3. The first-order valence-electron chi connectivity index (χ1n) is 19.4. The summed E-state index contributed by atoms with van der Waals surface area (Å²) in [6.07, 6.45) is 29.7. The highest BCUT2D eigenvalue weighted by Crippen LogP contribution is 2.43. The maximum atomic E-state index is 12.5. The molecule has 0 aromatic rings. The fourth-order valence-electron chi connectivity index (χ4n) is 4.84. The molecule has 12 heteroatoms. The van der Waals surface area contributed by atoms with Gasteiger partial charge in [-0.1, -0.05) is 128 Å². The molecule has 0 heterocycles. The van der Waals surface area contributed by atoms with Crippen LogP contribution in [0.5, 0.6) is 0 Å². The van der Waals surface area contributed by atoms with Crippen molar-refractivity contribution in [2.45, 2.75) is 155 Å². The molecule has 0 aromatic carbocycles. The second-order valence-corrected chi connectivity index (χ2v) is 14.9. The van der Waals surface area contributed by atoms with Gasteiger partial charge in [0.2, 0.25) is 0 Å². The topological polar surface area (TPSA) is 166 Å². The molecule has 3 atom stereocenters. The number of allylic oxidation sites excluding steroid dienone is 8. The third-order valence-corrected chi connectivity index (χ3v) is 8.84. The van der Waals surface area contributed by atoms with Crippen LogP contribution in [0.15, 0.2) is 48.6 Å². The van der Waals surface area contributed by atoms with Crippen molar-refractivity contribution in [2.24, 2.45) is 5.92 Å². The van der Waals surface area contributed by atoms with E-state index in [0.29, 0.717) is 6.42 Å². The number of aliphatic hydroxyl groups is 2. The van der Waals surface area contributed by atoms with E-state index in [4.69, 9.17) is 19.1 Å². The minimum Gasteiger partial charge on any atom is -0.462 e. The second-order valence-electron chi connectivity index (χ2n) is 13.5. The molecule has 0 rings (SSSR count). The van der Waals surface area contributed by atoms with Gasteiger partial charge >= 0.3 is 19.8 Å². The van der Waals surface area contributed by atoms with Crippen molar-refractivity contribution in [1.29, 1.82) is 0 Å². The molecule has 0 saturated heterocycles. The Morgan fingerprint density at radius 1 is 0.692 bits per heavy atom. The zero-order valence-electron chi connectivity index (χ0n) is 32.2. The number of esters is 2. The molecular weight excluding hydrogens is 687 g/mol. The Bertz CT molecular complexity index is 1080. The second kappa shape index (κ2) is 34.4. The number of aliphatic hydroxyl groups excluding tert-OH is 2. The molecule has 0 spiro atoms. The standard InChI is InChI=1S/C40H69O11P/c1-4-5-6-7-8-9-10-11-12-13-17-20-23-27-36(42)28-25-30-40(45)51-38(34-50-52(46,47)49-32-37(43)31-41)33-48-39(44)29-24-21-18-15-14-16-19-22-26-35(2)3/h8-9,11-12,17,20,23,27,35,37-38,41,43H,4-7,10,13-16,18-19,21-22,24-26,28-34H2,1-3H3,(H,46,47)/b9-8-,12-11-,20-17-,27-23+/t37-,38+/m0/s1. The van der Waals surface area contributed by atoms with E-state index in [9.17, 15) is 28.9 Å². The smallest absolute Gasteiger partial charge is 0.462 e. The largest absolute Gasteiger partial charge is 0.472 e. The summed E-state index contributed by atoms with van der Waals surface area (Å²) in [7, 11) is -4.68. The fraction of sp³-hybridized carbons (Fsp3) is 0.725. The molecule has 0 saturated carbocycles. The van der Waals surface area contributed by atoms with E-state index >= 15 is 0 Å². The van der Waals surface area contributed by atoms with Crippen LogP contribution in [-0.4, -0.2) is 71.5 Å². The minimum atomic E-state index is -4.68. The molecular formula is C40H69O11P. The van der Waals surface area contributed by atoms with Crippen LogP contribution >= 0.6 is 7.82 Å². The Balaban J connectivity index is 4.60. The molecule has 0 amide bonds. The molecule has 52 heavy (non-hydrogen) atoms. The van der Waals surface area contributed by atoms with Crippen LogP contribution in [0.25, 0.3) is 0 Å². The van der Waals surface area contributed by atoms with Gasteiger partial charge < -0.3 is 24.6 Å². The Morgan fingerprint density at radius 3 is 1.98 bits per heavy atom. The van der Waals surface area contributed by atoms with Crippen molar-refractivity contribution in [2.75, 3.05) is 26.4 Å². The van der Waals surface area contributed by atoms with Gasteiger partial charge in [-0.05, 0) is 50.5 Å². The first kappa shape index (κ1) is 49.6. The van der Waals surface area contributed by atoms with Crippen molar-refractivity contribution in [3.63, 3.8) is 0 Å². The highest BCUT2D eigenvalue weighted by atomic mass is 31.2. The number of phosphoric ester groups is 1. The van der Waals surface area contributed by atoms with Gasteiger partial charge in [-0.25, -0.2) is 4.57 Å². The van der Waals surface area contributed by atoms with Gasteiger partial charge in [0.15, 0.2) is 11.9 Å². The van der Waals surface area contributed by atoms with E-state index in [1.807, 2.05) is 6.08 Å². The predicted octanol–water partition coefficient (Wildman–Crippen LogP) is 8.81. The van der Waals surface area contributed by atoms with E-state index in [2.05, 4.69) is 49.6 Å². The summed E-state index contributed by atoms with van der Waals surface area (Å²) in [5.74, 6) is -0.592. The van der Waals surface area contributed by atoms with Gasteiger partial charge in [-0.15, -0.1) is 0 Å². The number of unbranched alkanes of at least 4 members (excludes halogenated alkanes) is 10. The van der Waals surface area contributed by atoms with E-state index in [0.717, 1.165) is 44.4 Å². The summed E-state index contributed by atoms with van der Waals surface area (Å²) in [5.41, 5.74) is 0. The highest BCUT2D eigenvalue weighted by Gasteiger charge is 2.27. The zero-order chi connectivity index (χ0) is 38.7. The van der Waals surface area contributed by atoms with Crippen molar-refractivity contribution >= 4 is 25.5 Å². The molecule has 0 bridgehead atoms. The van der Waals surface area contributed by atoms with Gasteiger partial charge in [0, 0.05) is 19.3 Å². The number of carbonyl (C=O) groups is 3. The molecule has 300 valence electrons. The Kier molecular flexibility index (Phi) is 32.8. The molecule has 0 radical (unpaired) electrons. The summed E-state index contributed by atoms with van der Waals surface area (Å²) in [4.78, 5) is 47.0. The van der Waals surface area contributed by atoms with Gasteiger partial charge in [0.05, 0.1) is 19.8 Å². The number of ketones is 1. The Labute approximate surface area is 313 Å². The zero-order valence-corrected chi connectivity index (χ0v) is 33.1. The molecule has 1 unspecified atom stereocenters. The summed E-state index contributed by atoms with van der Waals surface area (Å²) in [6, 6.07) is 0. The van der Waals surface area contributed by atoms with Crippen LogP contribution in [-0.2, 0) is 37.5 Å². The first-order valence-corrected chi connectivity index (χ1v) is 20.9. The van der Waals surface area contributed by atoms with E-state index in [1.165, 1.54) is 57.4 Å². The Morgan fingerprint density at radius 2 is 1.31 bits per heavy atom. The third kappa shape index (κ3) is 34.7. The quantitative estimate of drug-likeness (QED) is 0.0141. The third-order valence-electron chi connectivity index (χ3n) is 7.89. The van der Waals surface area contributed by atoms with Gasteiger partial charge in [-0.3, -0.25) is 23.4 Å². The maximum Gasteiger partial charge on any atom is 0.472 e. The number of ether oxygens (including phenoxy) is 2. The van der Waals surface area contributed by atoms with Crippen LogP contribution in [0, 0.1) is 5.92 Å². The SMILES string of the molecule is CCCCC/C=C\C/C=C\C/C=C\C=C\C(=O)CCCC(=O)O[C@H](COC(=O)CCCCCCCCCCC(C)C)COP(=O)(O)OC[C@@H](O)CO. The number of hydrogen-bond acceptors (Lipinski definition) is 10. The van der Waals surface area contributed by atoms with Crippen molar-refractivity contribution < 1.29 is 52.6 Å². The number of phosphoric acid groups is 1. The lowest BCUT2D eigenvalue weighted by Crippen LogP contribution is -2.30. The molecule has 11 nitrogen and oxygen atoms in total. The lowest BCUT2D eigenvalue weighted by atomic mass is 10.0. The van der Waals surface area contributed by atoms with Crippen LogP contribution in [0.4, 0.5) is 0 Å². The van der Waals surface area contributed by atoms with E-state index < -0.39 is 58.4 Å². The average molecular weight is 757 g/mol. The summed E-state index contributed by atoms with van der Waals surface area (Å²) < 4.78 is 32.3. The molecule has 3 N–H and O–H groups in total. The fourth-order valence-corrected chi connectivity index (χ4v) is 5.62. The molecule has 0 aliphatic carbocycles. The van der Waals surface area contributed by atoms with Crippen LogP contribution in [0.1, 0.15) is 143 Å². The van der Waals surface area contributed by atoms with Crippen LogP contribution in [0.3, 0.4) is 0 Å². The van der Waals surface area contributed by atoms with Crippen LogP contribution in [0.2, 0.25) is 0 Å². The highest BCUT2D eigenvalue weighted by molar-refractivity contribution is 7.47. The lowest BCUT2D eigenvalue weighted by Gasteiger charge is -2.20. The van der Waals surface area contributed by atoms with Gasteiger partial charge in [-0.2, -0.15) is 0 Å². The molecule has 0 aromatic heterocycles. The molecule has 0 aliphatic heterocycles. The van der Waals surface area contributed by atoms with Crippen LogP contribution < -0.4 is 0 Å². The van der Waals surface area contributed by atoms with Gasteiger partial charge in [0.25, 0.3) is 0 Å². The van der Waals surface area contributed by atoms with Crippen molar-refractivity contribution in [1.82, 2.24) is 0 Å². The number of carbonyl (C=O) groups excluding carboxylic acids is 3. The lowest BCUT2D eigenvalue weighted by molar-refractivity contribution is -0.161. The normalized spacial score (nSPS) is 14.5. The summed E-state index contributed by atoms with van der Waals surface area (Å²) in [5, 5.41) is 18.3. The Hall–Kier alpha value is -2.40. The molecule has 0 fully saturated rings. The van der Waals surface area contributed by atoms with Crippen molar-refractivity contribution in [3.05, 3.63) is 48.6 Å². The summed E-state index contributed by atoms with van der Waals surface area (Å²) in [6.45, 7) is 4.31. The maximum absolute atomic E-state index is 12.5. The van der Waals surface area contributed by atoms with E-state index in [1.54, 1.807) is 12.2 Å². The average Bonchev–Trinajstić information content (AvgIpc) is 3.11.